The summed E-state index contributed by atoms with van der Waals surface area (Å²) in [5.41, 5.74) is 1.12. The number of pyridine rings is 1. The van der Waals surface area contributed by atoms with Crippen molar-refractivity contribution in [2.45, 2.75) is 24.9 Å². The molecule has 0 bridgehead atoms. The Balaban J connectivity index is 1.44. The fourth-order valence-electron chi connectivity index (χ4n) is 3.67. The topological polar surface area (TPSA) is 97.6 Å². The molecule has 2 fully saturated rings. The van der Waals surface area contributed by atoms with Crippen LogP contribution in [0.1, 0.15) is 56.3 Å². The van der Waals surface area contributed by atoms with Crippen LogP contribution in [0.15, 0.2) is 28.9 Å². The minimum atomic E-state index is -0.409. The Morgan fingerprint density at radius 3 is 3.00 bits per heavy atom. The number of amides is 2. The molecule has 4 heterocycles. The summed E-state index contributed by atoms with van der Waals surface area (Å²) in [7, 11) is 1.60. The highest BCUT2D eigenvalue weighted by molar-refractivity contribution is 7.20. The van der Waals surface area contributed by atoms with E-state index >= 15 is 0 Å². The van der Waals surface area contributed by atoms with Crippen LogP contribution in [0.5, 0.6) is 0 Å². The third-order valence-electron chi connectivity index (χ3n) is 5.34. The smallest absolute Gasteiger partial charge is 0.276 e. The van der Waals surface area contributed by atoms with Crippen molar-refractivity contribution in [3.8, 4) is 0 Å². The highest BCUT2D eigenvalue weighted by Gasteiger charge is 2.34. The average Bonchev–Trinajstić information content (AvgIpc) is 3.36. The molecule has 1 saturated heterocycles. The second-order valence-corrected chi connectivity index (χ2v) is 8.28. The first-order valence-electron chi connectivity index (χ1n) is 9.62. The van der Waals surface area contributed by atoms with Crippen LogP contribution >= 0.6 is 11.3 Å². The van der Waals surface area contributed by atoms with Crippen molar-refractivity contribution in [1.82, 2.24) is 20.4 Å². The average molecular weight is 412 g/mol. The van der Waals surface area contributed by atoms with E-state index in [-0.39, 0.29) is 11.8 Å². The molecular weight excluding hydrogens is 392 g/mol. The van der Waals surface area contributed by atoms with Crippen LogP contribution in [0, 0.1) is 0 Å². The van der Waals surface area contributed by atoms with Crippen LogP contribution < -0.4 is 5.32 Å². The Bertz CT molecular complexity index is 1090. The number of rotatable bonds is 4. The lowest BCUT2D eigenvalue weighted by molar-refractivity contribution is -0.0225. The first-order chi connectivity index (χ1) is 14.2. The molecule has 3 aromatic rings. The first-order valence-corrected chi connectivity index (χ1v) is 10.4. The summed E-state index contributed by atoms with van der Waals surface area (Å²) in [6.45, 7) is 1.19. The lowest BCUT2D eigenvalue weighted by Gasteiger charge is -2.32. The molecule has 0 unspecified atom stereocenters. The molecule has 1 atom stereocenters. The van der Waals surface area contributed by atoms with Gasteiger partial charge >= 0.3 is 0 Å². The Morgan fingerprint density at radius 2 is 2.21 bits per heavy atom. The van der Waals surface area contributed by atoms with E-state index in [0.29, 0.717) is 36.2 Å². The van der Waals surface area contributed by atoms with Crippen molar-refractivity contribution in [1.29, 1.82) is 0 Å². The molecule has 1 saturated carbocycles. The quantitative estimate of drug-likeness (QED) is 0.708. The summed E-state index contributed by atoms with van der Waals surface area (Å²) in [4.78, 5) is 32.9. The molecule has 1 N–H and O–H groups in total. The Hall–Kier alpha value is -2.78. The molecule has 0 spiro atoms. The van der Waals surface area contributed by atoms with Gasteiger partial charge in [0.05, 0.1) is 13.2 Å². The van der Waals surface area contributed by atoms with Gasteiger partial charge in [0.15, 0.2) is 5.69 Å². The zero-order valence-corrected chi connectivity index (χ0v) is 16.7. The van der Waals surface area contributed by atoms with E-state index in [9.17, 15) is 9.59 Å². The number of nitrogens with zero attached hydrogens (tertiary/aromatic N) is 3. The van der Waals surface area contributed by atoms with Crippen molar-refractivity contribution in [2.24, 2.45) is 0 Å². The molecule has 150 valence electrons. The van der Waals surface area contributed by atoms with Crippen molar-refractivity contribution in [2.75, 3.05) is 26.7 Å². The molecular formula is C20H20N4O4S. The number of aromatic nitrogens is 2. The number of ether oxygens (including phenoxy) is 1. The van der Waals surface area contributed by atoms with E-state index in [1.807, 2.05) is 12.1 Å². The van der Waals surface area contributed by atoms with Crippen LogP contribution in [0.2, 0.25) is 0 Å². The van der Waals surface area contributed by atoms with Gasteiger partial charge < -0.3 is 19.5 Å². The van der Waals surface area contributed by atoms with Gasteiger partial charge in [-0.15, -0.1) is 11.3 Å². The number of hydrogen-bond acceptors (Lipinski definition) is 7. The van der Waals surface area contributed by atoms with Crippen molar-refractivity contribution < 1.29 is 18.8 Å². The number of morpholine rings is 1. The highest BCUT2D eigenvalue weighted by atomic mass is 32.1. The number of fused-ring (bicyclic) bond motifs is 1. The van der Waals surface area contributed by atoms with Crippen LogP contribution in [-0.4, -0.2) is 53.6 Å². The van der Waals surface area contributed by atoms with Crippen molar-refractivity contribution in [3.05, 3.63) is 46.3 Å². The first kappa shape index (κ1) is 18.3. The van der Waals surface area contributed by atoms with Gasteiger partial charge in [-0.25, -0.2) is 4.98 Å². The van der Waals surface area contributed by atoms with E-state index < -0.39 is 6.10 Å². The number of carbonyl (C=O) groups excluding carboxylic acids is 2. The predicted molar refractivity (Wildman–Crippen MR) is 106 cm³/mol. The number of hydrogen-bond donors (Lipinski definition) is 1. The predicted octanol–water partition coefficient (Wildman–Crippen LogP) is 2.74. The molecule has 5 rings (SSSR count). The van der Waals surface area contributed by atoms with E-state index in [4.69, 9.17) is 9.26 Å². The number of carbonyl (C=O) groups is 2. The van der Waals surface area contributed by atoms with Gasteiger partial charge in [-0.05, 0) is 18.9 Å². The van der Waals surface area contributed by atoms with Crippen LogP contribution in [0.3, 0.4) is 0 Å². The third-order valence-corrected chi connectivity index (χ3v) is 6.47. The standard InChI is InChI=1S/C20H20N4O4S/c1-21-18(25)17-16(12-3-2-6-22-19(12)29-17)15-10-24(7-8-27-15)20(26)13-9-14(28-23-13)11-4-5-11/h2-3,6,9,11,15H,4-5,7-8,10H2,1H3,(H,21,25)/t15-/m0/s1. The summed E-state index contributed by atoms with van der Waals surface area (Å²) in [6.07, 6.45) is 3.47. The Kier molecular flexibility index (Phi) is 4.56. The molecule has 3 aromatic heterocycles. The summed E-state index contributed by atoms with van der Waals surface area (Å²) >= 11 is 1.34. The summed E-state index contributed by atoms with van der Waals surface area (Å²) in [6, 6.07) is 5.53. The summed E-state index contributed by atoms with van der Waals surface area (Å²) < 4.78 is 11.3. The monoisotopic (exact) mass is 412 g/mol. The maximum atomic E-state index is 13.0. The molecule has 29 heavy (non-hydrogen) atoms. The van der Waals surface area contributed by atoms with Gasteiger partial charge in [-0.2, -0.15) is 0 Å². The van der Waals surface area contributed by atoms with Crippen molar-refractivity contribution in [3.63, 3.8) is 0 Å². The van der Waals surface area contributed by atoms with Gasteiger partial charge in [0.1, 0.15) is 21.6 Å². The molecule has 1 aliphatic heterocycles. The van der Waals surface area contributed by atoms with Gasteiger partial charge in [-0.3, -0.25) is 9.59 Å². The van der Waals surface area contributed by atoms with E-state index in [1.165, 1.54) is 11.3 Å². The zero-order chi connectivity index (χ0) is 20.0. The van der Waals surface area contributed by atoms with Gasteiger partial charge in [0.25, 0.3) is 11.8 Å². The van der Waals surface area contributed by atoms with Gasteiger partial charge in [-0.1, -0.05) is 11.2 Å². The fourth-order valence-corrected chi connectivity index (χ4v) is 4.81. The SMILES string of the molecule is CNC(=O)c1sc2ncccc2c1[C@@H]1CN(C(=O)c2cc(C3CC3)on2)CCO1. The van der Waals surface area contributed by atoms with E-state index in [1.54, 1.807) is 24.2 Å². The maximum absolute atomic E-state index is 13.0. The number of thiophene rings is 1. The van der Waals surface area contributed by atoms with Crippen molar-refractivity contribution >= 4 is 33.4 Å². The zero-order valence-electron chi connectivity index (χ0n) is 15.9. The minimum Gasteiger partial charge on any atom is -0.370 e. The lowest BCUT2D eigenvalue weighted by atomic mass is 10.0. The van der Waals surface area contributed by atoms with Crippen LogP contribution in [0.4, 0.5) is 0 Å². The van der Waals surface area contributed by atoms with E-state index in [0.717, 1.165) is 34.4 Å². The molecule has 2 aliphatic rings. The molecule has 8 nitrogen and oxygen atoms in total. The van der Waals surface area contributed by atoms with E-state index in [2.05, 4.69) is 15.5 Å². The normalized spacial score (nSPS) is 19.5. The maximum Gasteiger partial charge on any atom is 0.276 e. The van der Waals surface area contributed by atoms with Crippen LogP contribution in [-0.2, 0) is 4.74 Å². The second-order valence-electron chi connectivity index (χ2n) is 7.28. The van der Waals surface area contributed by atoms with Gasteiger partial charge in [0.2, 0.25) is 0 Å². The summed E-state index contributed by atoms with van der Waals surface area (Å²) in [5.74, 6) is 0.838. The number of nitrogens with one attached hydrogen (secondary N) is 1. The summed E-state index contributed by atoms with van der Waals surface area (Å²) in [5, 5.41) is 7.54. The molecule has 0 aromatic carbocycles. The molecule has 2 amide bonds. The third kappa shape index (κ3) is 3.30. The highest BCUT2D eigenvalue weighted by Crippen LogP contribution is 2.40. The lowest BCUT2D eigenvalue weighted by Crippen LogP contribution is -2.42. The molecule has 1 aliphatic carbocycles. The molecule has 9 heteroatoms. The van der Waals surface area contributed by atoms with Gasteiger partial charge in [0, 0.05) is 42.7 Å². The Morgan fingerprint density at radius 1 is 1.34 bits per heavy atom. The molecule has 0 radical (unpaired) electrons. The Labute approximate surface area is 170 Å². The van der Waals surface area contributed by atoms with Crippen LogP contribution in [0.25, 0.3) is 10.2 Å². The fraction of sp³-hybridized carbons (Fsp3) is 0.400. The minimum absolute atomic E-state index is 0.173. The largest absolute Gasteiger partial charge is 0.370 e. The second kappa shape index (κ2) is 7.23.